The van der Waals surface area contributed by atoms with E-state index in [9.17, 15) is 8.96 Å². The van der Waals surface area contributed by atoms with Crippen LogP contribution in [0, 0.1) is 5.82 Å². The van der Waals surface area contributed by atoms with Crippen LogP contribution in [0.15, 0.2) is 42.5 Å². The van der Waals surface area contributed by atoms with Gasteiger partial charge in [-0.1, -0.05) is 58.0 Å². The second kappa shape index (κ2) is 9.01. The Morgan fingerprint density at radius 3 is 1.89 bits per heavy atom. The molecular weight excluding hydrogens is 364 g/mol. The number of anilines is 1. The fraction of sp³-hybridized carbons (Fsp3) is 0.429. The van der Waals surface area contributed by atoms with Gasteiger partial charge in [-0.05, 0) is 40.7 Å². The van der Waals surface area contributed by atoms with Crippen LogP contribution in [0.5, 0.6) is 0 Å². The van der Waals surface area contributed by atoms with Crippen molar-refractivity contribution in [1.29, 1.82) is 0 Å². The smallest absolute Gasteiger partial charge is 0.356 e. The van der Waals surface area contributed by atoms with Crippen LogP contribution in [0.2, 0.25) is 0 Å². The number of halogens is 1. The molecule has 0 radical (unpaired) electrons. The van der Waals surface area contributed by atoms with Crippen LogP contribution < -0.4 is 5.32 Å². The molecule has 6 heteroatoms. The second-order valence-electron chi connectivity index (χ2n) is 7.13. The lowest BCUT2D eigenvalue weighted by Gasteiger charge is -2.30. The largest absolute Gasteiger partial charge is 0.367 e. The predicted molar refractivity (Wildman–Crippen MR) is 109 cm³/mol. The Labute approximate surface area is 161 Å². The number of nitrogens with one attached hydrogen (secondary N) is 1. The van der Waals surface area contributed by atoms with E-state index >= 15 is 0 Å². The van der Waals surface area contributed by atoms with Crippen LogP contribution >= 0.6 is 7.60 Å². The fourth-order valence-electron chi connectivity index (χ4n) is 3.16. The monoisotopic (exact) mass is 393 g/mol. The van der Waals surface area contributed by atoms with Gasteiger partial charge < -0.3 is 14.4 Å². The first-order valence-electron chi connectivity index (χ1n) is 9.09. The average Bonchev–Trinajstić information content (AvgIpc) is 2.65. The van der Waals surface area contributed by atoms with Crippen LogP contribution in [0.4, 0.5) is 10.1 Å². The number of benzene rings is 2. The summed E-state index contributed by atoms with van der Waals surface area (Å²) in [5.74, 6) is -0.729. The zero-order valence-electron chi connectivity index (χ0n) is 16.8. The van der Waals surface area contributed by atoms with Crippen molar-refractivity contribution >= 4 is 13.3 Å². The van der Waals surface area contributed by atoms with E-state index in [0.29, 0.717) is 5.56 Å². The van der Waals surface area contributed by atoms with Gasteiger partial charge in [-0.15, -0.1) is 0 Å². The van der Waals surface area contributed by atoms with Gasteiger partial charge in [0, 0.05) is 19.9 Å². The van der Waals surface area contributed by atoms with Crippen LogP contribution in [0.1, 0.15) is 62.0 Å². The van der Waals surface area contributed by atoms with Crippen LogP contribution in [0.25, 0.3) is 0 Å². The molecule has 148 valence electrons. The third kappa shape index (κ3) is 4.78. The molecule has 4 nitrogen and oxygen atoms in total. The highest BCUT2D eigenvalue weighted by molar-refractivity contribution is 7.54. The molecule has 0 bridgehead atoms. The van der Waals surface area contributed by atoms with E-state index in [-0.39, 0.29) is 11.8 Å². The lowest BCUT2D eigenvalue weighted by Crippen LogP contribution is -2.17. The Morgan fingerprint density at radius 2 is 1.44 bits per heavy atom. The van der Waals surface area contributed by atoms with Gasteiger partial charge in [0.1, 0.15) is 5.82 Å². The van der Waals surface area contributed by atoms with E-state index in [0.717, 1.165) is 16.8 Å². The highest BCUT2D eigenvalue weighted by Gasteiger charge is 2.37. The van der Waals surface area contributed by atoms with E-state index in [4.69, 9.17) is 9.05 Å². The molecule has 0 aliphatic heterocycles. The lowest BCUT2D eigenvalue weighted by molar-refractivity contribution is 0.268. The van der Waals surface area contributed by atoms with Gasteiger partial charge >= 0.3 is 7.60 Å². The summed E-state index contributed by atoms with van der Waals surface area (Å²) in [7, 11) is -0.890. The number of hydrogen-bond acceptors (Lipinski definition) is 4. The summed E-state index contributed by atoms with van der Waals surface area (Å²) in [5, 5.41) is 3.39. The molecule has 0 saturated carbocycles. The van der Waals surface area contributed by atoms with Crippen LogP contribution in [0.3, 0.4) is 0 Å². The predicted octanol–water partition coefficient (Wildman–Crippen LogP) is 6.67. The molecule has 1 N–H and O–H groups in total. The highest BCUT2D eigenvalue weighted by atomic mass is 31.2. The van der Waals surface area contributed by atoms with E-state index in [1.165, 1.54) is 26.4 Å². The van der Waals surface area contributed by atoms with Crippen molar-refractivity contribution in [1.82, 2.24) is 0 Å². The minimum Gasteiger partial charge on any atom is -0.367 e. The molecule has 0 heterocycles. The third-order valence-electron chi connectivity index (χ3n) is 4.64. The third-order valence-corrected chi connectivity index (χ3v) is 6.72. The van der Waals surface area contributed by atoms with Gasteiger partial charge in [0.15, 0.2) is 5.78 Å². The lowest BCUT2D eigenvalue weighted by atomic mass is 9.92. The molecule has 2 rings (SSSR count). The van der Waals surface area contributed by atoms with E-state index < -0.39 is 19.2 Å². The quantitative estimate of drug-likeness (QED) is 0.509. The van der Waals surface area contributed by atoms with Crippen LogP contribution in [-0.4, -0.2) is 14.2 Å². The van der Waals surface area contributed by atoms with Gasteiger partial charge in [0.05, 0.1) is 0 Å². The van der Waals surface area contributed by atoms with Crippen LogP contribution in [-0.2, 0) is 13.6 Å². The molecule has 0 amide bonds. The first-order chi connectivity index (χ1) is 12.7. The normalized spacial score (nSPS) is 13.2. The molecule has 1 atom stereocenters. The molecule has 2 aromatic rings. The molecule has 0 aliphatic carbocycles. The minimum atomic E-state index is -3.58. The zero-order chi connectivity index (χ0) is 20.2. The zero-order valence-corrected chi connectivity index (χ0v) is 17.7. The summed E-state index contributed by atoms with van der Waals surface area (Å²) < 4.78 is 37.7. The highest BCUT2D eigenvalue weighted by Crippen LogP contribution is 2.60. The molecule has 1 unspecified atom stereocenters. The summed E-state index contributed by atoms with van der Waals surface area (Å²) in [4.78, 5) is 0. The molecular formula is C21H29FNO3P. The Morgan fingerprint density at radius 1 is 0.926 bits per heavy atom. The molecule has 0 aromatic heterocycles. The van der Waals surface area contributed by atoms with E-state index in [1.54, 1.807) is 12.1 Å². The van der Waals surface area contributed by atoms with Gasteiger partial charge in [0.25, 0.3) is 0 Å². The maximum absolute atomic E-state index is 13.9. The van der Waals surface area contributed by atoms with Gasteiger partial charge in [0.2, 0.25) is 0 Å². The van der Waals surface area contributed by atoms with Gasteiger partial charge in [-0.3, -0.25) is 4.57 Å². The molecule has 2 aromatic carbocycles. The summed E-state index contributed by atoms with van der Waals surface area (Å²) in [5.41, 5.74) is 3.60. The number of para-hydroxylation sites is 1. The first kappa shape index (κ1) is 21.6. The average molecular weight is 393 g/mol. The van der Waals surface area contributed by atoms with Gasteiger partial charge in [-0.2, -0.15) is 0 Å². The number of rotatable bonds is 8. The van der Waals surface area contributed by atoms with Crippen molar-refractivity contribution in [2.24, 2.45) is 0 Å². The second-order valence-corrected chi connectivity index (χ2v) is 9.45. The minimum absolute atomic E-state index is 0.254. The van der Waals surface area contributed by atoms with Crippen molar-refractivity contribution in [3.8, 4) is 0 Å². The summed E-state index contributed by atoms with van der Waals surface area (Å²) in [6, 6.07) is 12.1. The van der Waals surface area contributed by atoms with Crippen molar-refractivity contribution in [2.75, 3.05) is 19.5 Å². The standard InChI is InChI=1S/C21H29FNO3P/c1-14(2)18-11-8-12-19(15(3)4)20(18)23-21(27(24,25-5)26-6)16-9-7-10-17(22)13-16/h7-15,21,23H,1-6H3. The Hall–Kier alpha value is -1.68. The van der Waals surface area contributed by atoms with Crippen molar-refractivity contribution in [2.45, 2.75) is 45.3 Å². The maximum Gasteiger partial charge on any atom is 0.356 e. The summed E-state index contributed by atoms with van der Waals surface area (Å²) in [6.07, 6.45) is 0. The summed E-state index contributed by atoms with van der Waals surface area (Å²) >= 11 is 0. The van der Waals surface area contributed by atoms with E-state index in [1.807, 2.05) is 18.2 Å². The Bertz CT molecular complexity index is 789. The Kier molecular flexibility index (Phi) is 7.21. The molecule has 0 aliphatic rings. The topological polar surface area (TPSA) is 47.6 Å². The van der Waals surface area contributed by atoms with E-state index in [2.05, 4.69) is 33.0 Å². The van der Waals surface area contributed by atoms with Crippen molar-refractivity contribution in [3.05, 3.63) is 65.0 Å². The van der Waals surface area contributed by atoms with Gasteiger partial charge in [-0.25, -0.2) is 4.39 Å². The van der Waals surface area contributed by atoms with Crippen molar-refractivity contribution in [3.63, 3.8) is 0 Å². The SMILES string of the molecule is COP(=O)(OC)C(Nc1c(C(C)C)cccc1C(C)C)c1cccc(F)c1. The number of hydrogen-bond donors (Lipinski definition) is 1. The molecule has 0 saturated heterocycles. The molecule has 27 heavy (non-hydrogen) atoms. The fourth-order valence-corrected chi connectivity index (χ4v) is 4.55. The summed E-state index contributed by atoms with van der Waals surface area (Å²) in [6.45, 7) is 8.42. The molecule has 0 spiro atoms. The maximum atomic E-state index is 13.9. The van der Waals surface area contributed by atoms with Crippen molar-refractivity contribution < 1.29 is 18.0 Å². The first-order valence-corrected chi connectivity index (χ1v) is 10.7. The Balaban J connectivity index is 2.65. The molecule has 0 fully saturated rings.